The maximum absolute atomic E-state index is 11.4. The van der Waals surface area contributed by atoms with Gasteiger partial charge in [-0.1, -0.05) is 176 Å². The van der Waals surface area contributed by atoms with Gasteiger partial charge in [0, 0.05) is 5.56 Å². The molecule has 0 fully saturated rings. The van der Waals surface area contributed by atoms with Crippen LogP contribution < -0.4 is 0 Å². The van der Waals surface area contributed by atoms with Gasteiger partial charge < -0.3 is 19.3 Å². The Bertz CT molecular complexity index is 1420. The Morgan fingerprint density at radius 1 is 0.429 bits per heavy atom. The summed E-state index contributed by atoms with van der Waals surface area (Å²) < 4.78 is 20.3. The van der Waals surface area contributed by atoms with Gasteiger partial charge in [0.25, 0.3) is 0 Å². The Morgan fingerprint density at radius 3 is 1.18 bits per heavy atom. The molecule has 4 rings (SSSR count). The van der Waals surface area contributed by atoms with E-state index in [9.17, 15) is 5.11 Å². The second-order valence-electron chi connectivity index (χ2n) is 13.3. The van der Waals surface area contributed by atoms with Gasteiger partial charge in [0.05, 0.1) is 38.1 Å². The second kappa shape index (κ2) is 22.3. The number of hydrogen-bond acceptors (Lipinski definition) is 4. The van der Waals surface area contributed by atoms with E-state index in [2.05, 4.69) is 106 Å². The van der Waals surface area contributed by atoms with Crippen molar-refractivity contribution in [3.05, 3.63) is 137 Å². The first kappa shape index (κ1) is 38.4. The van der Waals surface area contributed by atoms with Gasteiger partial charge in [-0.2, -0.15) is 0 Å². The minimum atomic E-state index is -0.0482. The summed E-state index contributed by atoms with van der Waals surface area (Å²) in [4.78, 5) is 0. The molecule has 0 aliphatic rings. The molecule has 4 nitrogen and oxygen atoms in total. The van der Waals surface area contributed by atoms with Crippen LogP contribution in [0, 0.1) is 0 Å². The van der Waals surface area contributed by atoms with Crippen LogP contribution in [0.5, 0.6) is 5.75 Å². The first-order valence-corrected chi connectivity index (χ1v) is 19.0. The number of ether oxygens (including phenoxy) is 3. The molecular formula is C45H60O4. The fourth-order valence-electron chi connectivity index (χ4n) is 6.54. The molecule has 0 amide bonds. The molecule has 0 heterocycles. The molecule has 1 N–H and O–H groups in total. The molecule has 3 atom stereocenters. The summed E-state index contributed by atoms with van der Waals surface area (Å²) >= 11 is 0. The van der Waals surface area contributed by atoms with Crippen LogP contribution in [0.1, 0.15) is 150 Å². The number of aromatic hydroxyl groups is 1. The SMILES string of the molecule is CCCCCC(OCc1ccc(O)c(COC(CCCCC)c2ccccc2)c1COC(CCCCC)c1ccccc1)c1ccccc1. The van der Waals surface area contributed by atoms with E-state index in [1.54, 1.807) is 6.07 Å². The average molecular weight is 665 g/mol. The highest BCUT2D eigenvalue weighted by Gasteiger charge is 2.21. The number of hydrogen-bond donors (Lipinski definition) is 1. The minimum Gasteiger partial charge on any atom is -0.508 e. The van der Waals surface area contributed by atoms with Crippen molar-refractivity contribution in [1.29, 1.82) is 0 Å². The summed E-state index contributed by atoms with van der Waals surface area (Å²) in [5.74, 6) is 0.243. The third kappa shape index (κ3) is 12.8. The lowest BCUT2D eigenvalue weighted by Gasteiger charge is -2.25. The molecular weight excluding hydrogens is 604 g/mol. The van der Waals surface area contributed by atoms with Crippen LogP contribution in [-0.2, 0) is 34.0 Å². The zero-order valence-electron chi connectivity index (χ0n) is 30.3. The molecule has 0 saturated carbocycles. The van der Waals surface area contributed by atoms with Gasteiger partial charge in [0.1, 0.15) is 5.75 Å². The van der Waals surface area contributed by atoms with Gasteiger partial charge >= 0.3 is 0 Å². The van der Waals surface area contributed by atoms with Crippen molar-refractivity contribution in [2.45, 2.75) is 136 Å². The van der Waals surface area contributed by atoms with Crippen molar-refractivity contribution in [3.8, 4) is 5.75 Å². The van der Waals surface area contributed by atoms with Crippen LogP contribution in [0.4, 0.5) is 0 Å². The van der Waals surface area contributed by atoms with Crippen molar-refractivity contribution in [1.82, 2.24) is 0 Å². The van der Waals surface area contributed by atoms with Crippen LogP contribution >= 0.6 is 0 Å². The van der Waals surface area contributed by atoms with Crippen LogP contribution in [-0.4, -0.2) is 5.11 Å². The molecule has 0 radical (unpaired) electrons. The number of rotatable bonds is 24. The lowest BCUT2D eigenvalue weighted by molar-refractivity contribution is 0.0151. The van der Waals surface area contributed by atoms with Gasteiger partial charge in [-0.15, -0.1) is 0 Å². The molecule has 0 bridgehead atoms. The molecule has 3 unspecified atom stereocenters. The van der Waals surface area contributed by atoms with Crippen LogP contribution in [0.15, 0.2) is 103 Å². The highest BCUT2D eigenvalue weighted by atomic mass is 16.5. The summed E-state index contributed by atoms with van der Waals surface area (Å²) in [7, 11) is 0. The number of unbranched alkanes of at least 4 members (excludes halogenated alkanes) is 6. The Morgan fingerprint density at radius 2 is 0.796 bits per heavy atom. The molecule has 0 aliphatic heterocycles. The monoisotopic (exact) mass is 664 g/mol. The number of benzene rings is 4. The Hall–Kier alpha value is -3.44. The molecule has 0 aromatic heterocycles. The normalized spacial score (nSPS) is 13.3. The van der Waals surface area contributed by atoms with E-state index < -0.39 is 0 Å². The second-order valence-corrected chi connectivity index (χ2v) is 13.3. The smallest absolute Gasteiger partial charge is 0.121 e. The number of phenolic OH excluding ortho intramolecular Hbond substituents is 1. The number of phenols is 1. The topological polar surface area (TPSA) is 47.9 Å². The predicted molar refractivity (Wildman–Crippen MR) is 202 cm³/mol. The van der Waals surface area contributed by atoms with E-state index >= 15 is 0 Å². The molecule has 0 aliphatic carbocycles. The highest BCUT2D eigenvalue weighted by molar-refractivity contribution is 5.44. The third-order valence-electron chi connectivity index (χ3n) is 9.52. The lowest BCUT2D eigenvalue weighted by Crippen LogP contribution is -2.12. The quantitative estimate of drug-likeness (QED) is 0.0757. The Balaban J connectivity index is 1.63. The van der Waals surface area contributed by atoms with Gasteiger partial charge in [-0.25, -0.2) is 0 Å². The maximum atomic E-state index is 11.4. The van der Waals surface area contributed by atoms with Gasteiger partial charge in [-0.3, -0.25) is 0 Å². The van der Waals surface area contributed by atoms with Crippen LogP contribution in [0.2, 0.25) is 0 Å². The zero-order valence-corrected chi connectivity index (χ0v) is 30.3. The first-order chi connectivity index (χ1) is 24.1. The van der Waals surface area contributed by atoms with Crippen molar-refractivity contribution in [2.24, 2.45) is 0 Å². The first-order valence-electron chi connectivity index (χ1n) is 19.0. The van der Waals surface area contributed by atoms with Crippen LogP contribution in [0.25, 0.3) is 0 Å². The largest absolute Gasteiger partial charge is 0.508 e. The lowest BCUT2D eigenvalue weighted by atomic mass is 9.99. The Labute approximate surface area is 296 Å². The summed E-state index contributed by atoms with van der Waals surface area (Å²) in [5.41, 5.74) is 6.37. The molecule has 4 aromatic rings. The van der Waals surface area contributed by atoms with E-state index in [-0.39, 0.29) is 24.1 Å². The van der Waals surface area contributed by atoms with Crippen molar-refractivity contribution in [2.75, 3.05) is 0 Å². The summed E-state index contributed by atoms with van der Waals surface area (Å²) in [6.07, 6.45) is 13.2. The summed E-state index contributed by atoms with van der Waals surface area (Å²) in [6.45, 7) is 7.81. The van der Waals surface area contributed by atoms with E-state index in [4.69, 9.17) is 14.2 Å². The molecule has 0 spiro atoms. The van der Waals surface area contributed by atoms with E-state index in [0.29, 0.717) is 19.8 Å². The van der Waals surface area contributed by atoms with E-state index in [1.807, 2.05) is 12.1 Å². The minimum absolute atomic E-state index is 0.00200. The predicted octanol–water partition coefficient (Wildman–Crippen LogP) is 12.9. The standard InChI is InChI=1S/C45H60O4/c1-4-7-13-28-43(36-22-16-10-17-23-36)47-33-39-31-32-42(46)41(35-49-45(30-15-9-6-3)38-26-20-12-21-27-38)40(39)34-48-44(29-14-8-5-2)37-24-18-11-19-25-37/h10-12,16-27,31-32,43-46H,4-9,13-15,28-30,33-35H2,1-3H3. The zero-order chi connectivity index (χ0) is 34.5. The van der Waals surface area contributed by atoms with Gasteiger partial charge in [0.2, 0.25) is 0 Å². The van der Waals surface area contributed by atoms with E-state index in [1.165, 1.54) is 48.8 Å². The maximum Gasteiger partial charge on any atom is 0.121 e. The molecule has 49 heavy (non-hydrogen) atoms. The van der Waals surface area contributed by atoms with Crippen molar-refractivity contribution < 1.29 is 19.3 Å². The highest BCUT2D eigenvalue weighted by Crippen LogP contribution is 2.34. The fraction of sp³-hybridized carbons (Fsp3) is 0.467. The van der Waals surface area contributed by atoms with Crippen molar-refractivity contribution >= 4 is 0 Å². The van der Waals surface area contributed by atoms with Crippen molar-refractivity contribution in [3.63, 3.8) is 0 Å². The summed E-state index contributed by atoms with van der Waals surface area (Å²) in [5, 5.41) is 11.4. The van der Waals surface area contributed by atoms with Gasteiger partial charge in [-0.05, 0) is 53.1 Å². The summed E-state index contributed by atoms with van der Waals surface area (Å²) in [6, 6.07) is 35.4. The van der Waals surface area contributed by atoms with Gasteiger partial charge in [0.15, 0.2) is 0 Å². The molecule has 4 heteroatoms. The molecule has 264 valence electrons. The van der Waals surface area contributed by atoms with E-state index in [0.717, 1.165) is 61.6 Å². The molecule has 4 aromatic carbocycles. The fourth-order valence-corrected chi connectivity index (χ4v) is 6.54. The molecule has 0 saturated heterocycles. The van der Waals surface area contributed by atoms with Crippen LogP contribution in [0.3, 0.4) is 0 Å². The Kier molecular flexibility index (Phi) is 17.5. The average Bonchev–Trinajstić information content (AvgIpc) is 3.15. The third-order valence-corrected chi connectivity index (χ3v) is 9.52.